The number of nitrogens with zero attached hydrogens (tertiary/aromatic N) is 1. The van der Waals surface area contributed by atoms with Crippen molar-refractivity contribution in [3.8, 4) is 0 Å². The van der Waals surface area contributed by atoms with E-state index < -0.39 is 0 Å². The summed E-state index contributed by atoms with van der Waals surface area (Å²) in [4.78, 5) is 13.6. The lowest BCUT2D eigenvalue weighted by Gasteiger charge is -2.34. The summed E-state index contributed by atoms with van der Waals surface area (Å²) in [7, 11) is 0. The first-order valence-corrected chi connectivity index (χ1v) is 5.47. The summed E-state index contributed by atoms with van der Waals surface area (Å²) >= 11 is 0. The Morgan fingerprint density at radius 3 is 2.64 bits per heavy atom. The van der Waals surface area contributed by atoms with Crippen molar-refractivity contribution in [2.24, 2.45) is 11.8 Å². The van der Waals surface area contributed by atoms with Gasteiger partial charge in [0.2, 0.25) is 5.91 Å². The number of hydrogen-bond acceptors (Lipinski definition) is 1. The minimum Gasteiger partial charge on any atom is -0.339 e. The standard InChI is InChI=1S/C12H21NO/c1-9(2)11-6-5-7-13(8-11)12(14)10(3)4/h9,11H,3,5-8H2,1-2,4H3/t11-/m1/s1. The second-order valence-electron chi connectivity index (χ2n) is 4.68. The Bertz CT molecular complexity index is 232. The van der Waals surface area contributed by atoms with E-state index in [1.807, 2.05) is 4.90 Å². The molecule has 0 radical (unpaired) electrons. The number of carbonyl (C=O) groups is 1. The van der Waals surface area contributed by atoms with Crippen LogP contribution in [0.5, 0.6) is 0 Å². The average Bonchev–Trinajstić information content (AvgIpc) is 2.16. The monoisotopic (exact) mass is 195 g/mol. The first kappa shape index (κ1) is 11.3. The Morgan fingerprint density at radius 2 is 2.14 bits per heavy atom. The third-order valence-corrected chi connectivity index (χ3v) is 3.05. The van der Waals surface area contributed by atoms with E-state index in [1.165, 1.54) is 6.42 Å². The average molecular weight is 195 g/mol. The lowest BCUT2D eigenvalue weighted by molar-refractivity contribution is -0.129. The van der Waals surface area contributed by atoms with E-state index in [0.29, 0.717) is 17.4 Å². The topological polar surface area (TPSA) is 20.3 Å². The van der Waals surface area contributed by atoms with Crippen molar-refractivity contribution in [2.45, 2.75) is 33.6 Å². The number of carbonyl (C=O) groups excluding carboxylic acids is 1. The first-order chi connectivity index (χ1) is 6.52. The highest BCUT2D eigenvalue weighted by Crippen LogP contribution is 2.24. The summed E-state index contributed by atoms with van der Waals surface area (Å²) in [6.45, 7) is 11.8. The molecular weight excluding hydrogens is 174 g/mol. The van der Waals surface area contributed by atoms with Crippen LogP contribution in [0.2, 0.25) is 0 Å². The Hall–Kier alpha value is -0.790. The van der Waals surface area contributed by atoms with E-state index in [9.17, 15) is 4.79 Å². The SMILES string of the molecule is C=C(C)C(=O)N1CCC[C@@H](C(C)C)C1. The molecule has 1 rings (SSSR count). The van der Waals surface area contributed by atoms with Crippen molar-refractivity contribution >= 4 is 5.91 Å². The van der Waals surface area contributed by atoms with Gasteiger partial charge in [-0.05, 0) is 31.6 Å². The number of hydrogen-bond donors (Lipinski definition) is 0. The molecule has 2 nitrogen and oxygen atoms in total. The highest BCUT2D eigenvalue weighted by molar-refractivity contribution is 5.92. The fourth-order valence-electron chi connectivity index (χ4n) is 2.01. The van der Waals surface area contributed by atoms with E-state index in [-0.39, 0.29) is 5.91 Å². The molecule has 0 N–H and O–H groups in total. The molecule has 1 fully saturated rings. The maximum atomic E-state index is 11.7. The number of piperidine rings is 1. The molecule has 80 valence electrons. The molecule has 0 aromatic rings. The molecule has 2 heteroatoms. The summed E-state index contributed by atoms with van der Waals surface area (Å²) in [5.74, 6) is 1.48. The summed E-state index contributed by atoms with van der Waals surface area (Å²) in [6.07, 6.45) is 2.40. The van der Waals surface area contributed by atoms with Crippen LogP contribution in [0, 0.1) is 11.8 Å². The molecule has 1 aliphatic rings. The third-order valence-electron chi connectivity index (χ3n) is 3.05. The third kappa shape index (κ3) is 2.60. The molecule has 1 aliphatic heterocycles. The van der Waals surface area contributed by atoms with Gasteiger partial charge in [-0.1, -0.05) is 20.4 Å². The second kappa shape index (κ2) is 4.63. The Labute approximate surface area is 87.0 Å². The van der Waals surface area contributed by atoms with Crippen LogP contribution in [0.3, 0.4) is 0 Å². The fourth-order valence-corrected chi connectivity index (χ4v) is 2.01. The number of likely N-dealkylation sites (tertiary alicyclic amines) is 1. The van der Waals surface area contributed by atoms with Crippen LogP contribution in [-0.4, -0.2) is 23.9 Å². The van der Waals surface area contributed by atoms with Gasteiger partial charge in [0.15, 0.2) is 0 Å². The van der Waals surface area contributed by atoms with Gasteiger partial charge in [-0.25, -0.2) is 0 Å². The van der Waals surface area contributed by atoms with Gasteiger partial charge in [0.1, 0.15) is 0 Å². The normalized spacial score (nSPS) is 22.6. The number of amides is 1. The van der Waals surface area contributed by atoms with Gasteiger partial charge in [0.25, 0.3) is 0 Å². The van der Waals surface area contributed by atoms with Crippen molar-refractivity contribution in [3.05, 3.63) is 12.2 Å². The molecule has 1 heterocycles. The maximum absolute atomic E-state index is 11.7. The molecule has 0 aromatic heterocycles. The lowest BCUT2D eigenvalue weighted by Crippen LogP contribution is -2.41. The Balaban J connectivity index is 2.56. The minimum atomic E-state index is 0.135. The predicted molar refractivity (Wildman–Crippen MR) is 59.0 cm³/mol. The first-order valence-electron chi connectivity index (χ1n) is 5.47. The van der Waals surface area contributed by atoms with Gasteiger partial charge in [0.05, 0.1) is 0 Å². The van der Waals surface area contributed by atoms with Gasteiger partial charge < -0.3 is 4.90 Å². The Kier molecular flexibility index (Phi) is 3.73. The van der Waals surface area contributed by atoms with Crippen molar-refractivity contribution < 1.29 is 4.79 Å². The molecule has 1 atom stereocenters. The highest BCUT2D eigenvalue weighted by atomic mass is 16.2. The molecule has 0 saturated carbocycles. The lowest BCUT2D eigenvalue weighted by atomic mass is 9.88. The predicted octanol–water partition coefficient (Wildman–Crippen LogP) is 2.46. The smallest absolute Gasteiger partial charge is 0.248 e. The van der Waals surface area contributed by atoms with Crippen LogP contribution in [0.15, 0.2) is 12.2 Å². The van der Waals surface area contributed by atoms with E-state index in [1.54, 1.807) is 6.92 Å². The molecule has 0 aromatic carbocycles. The molecule has 1 saturated heterocycles. The Morgan fingerprint density at radius 1 is 1.50 bits per heavy atom. The van der Waals surface area contributed by atoms with Crippen LogP contribution in [0.25, 0.3) is 0 Å². The highest BCUT2D eigenvalue weighted by Gasteiger charge is 2.25. The van der Waals surface area contributed by atoms with E-state index in [4.69, 9.17) is 0 Å². The summed E-state index contributed by atoms with van der Waals surface area (Å²) in [6, 6.07) is 0. The van der Waals surface area contributed by atoms with Gasteiger partial charge >= 0.3 is 0 Å². The number of rotatable bonds is 2. The van der Waals surface area contributed by atoms with E-state index >= 15 is 0 Å². The van der Waals surface area contributed by atoms with E-state index in [0.717, 1.165) is 19.5 Å². The van der Waals surface area contributed by atoms with Crippen molar-refractivity contribution in [2.75, 3.05) is 13.1 Å². The fraction of sp³-hybridized carbons (Fsp3) is 0.750. The minimum absolute atomic E-state index is 0.135. The van der Waals surface area contributed by atoms with Crippen LogP contribution >= 0.6 is 0 Å². The summed E-state index contributed by atoms with van der Waals surface area (Å²) in [5, 5.41) is 0. The van der Waals surface area contributed by atoms with Crippen LogP contribution in [-0.2, 0) is 4.79 Å². The van der Waals surface area contributed by atoms with Crippen LogP contribution < -0.4 is 0 Å². The molecule has 0 aliphatic carbocycles. The second-order valence-corrected chi connectivity index (χ2v) is 4.68. The van der Waals surface area contributed by atoms with E-state index in [2.05, 4.69) is 20.4 Å². The van der Waals surface area contributed by atoms with Gasteiger partial charge in [0, 0.05) is 18.7 Å². The molecule has 0 unspecified atom stereocenters. The molecular formula is C12H21NO. The summed E-state index contributed by atoms with van der Waals surface area (Å²) < 4.78 is 0. The maximum Gasteiger partial charge on any atom is 0.248 e. The molecule has 1 amide bonds. The van der Waals surface area contributed by atoms with Crippen molar-refractivity contribution in [1.29, 1.82) is 0 Å². The van der Waals surface area contributed by atoms with Crippen molar-refractivity contribution in [1.82, 2.24) is 4.90 Å². The van der Waals surface area contributed by atoms with Crippen molar-refractivity contribution in [3.63, 3.8) is 0 Å². The van der Waals surface area contributed by atoms with Gasteiger partial charge in [-0.15, -0.1) is 0 Å². The van der Waals surface area contributed by atoms with Gasteiger partial charge in [-0.3, -0.25) is 4.79 Å². The zero-order chi connectivity index (χ0) is 10.7. The molecule has 0 bridgehead atoms. The quantitative estimate of drug-likeness (QED) is 0.620. The van der Waals surface area contributed by atoms with Crippen LogP contribution in [0.4, 0.5) is 0 Å². The van der Waals surface area contributed by atoms with Crippen LogP contribution in [0.1, 0.15) is 33.6 Å². The summed E-state index contributed by atoms with van der Waals surface area (Å²) in [5.41, 5.74) is 0.661. The molecule has 14 heavy (non-hydrogen) atoms. The zero-order valence-corrected chi connectivity index (χ0v) is 9.55. The largest absolute Gasteiger partial charge is 0.339 e. The van der Waals surface area contributed by atoms with Gasteiger partial charge in [-0.2, -0.15) is 0 Å². The molecule has 0 spiro atoms. The zero-order valence-electron chi connectivity index (χ0n) is 9.55.